The van der Waals surface area contributed by atoms with Crippen LogP contribution in [-0.2, 0) is 4.74 Å². The Morgan fingerprint density at radius 3 is 2.44 bits per heavy atom. The number of nitrogens with zero attached hydrogens (tertiary/aromatic N) is 2. The highest BCUT2D eigenvalue weighted by Gasteiger charge is 2.46. The second-order valence-corrected chi connectivity index (χ2v) is 7.22. The predicted molar refractivity (Wildman–Crippen MR) is 109 cm³/mol. The molecule has 14 heteroatoms. The Morgan fingerprint density at radius 1 is 1.24 bits per heavy atom. The highest BCUT2D eigenvalue weighted by molar-refractivity contribution is 6.02. The van der Waals surface area contributed by atoms with Crippen molar-refractivity contribution in [2.75, 3.05) is 11.9 Å². The van der Waals surface area contributed by atoms with E-state index >= 15 is 0 Å². The summed E-state index contributed by atoms with van der Waals surface area (Å²) in [4.78, 5) is 19.7. The first kappa shape index (κ1) is 26.7. The predicted octanol–water partition coefficient (Wildman–Crippen LogP) is 3.89. The number of nitrogens with one attached hydrogen (secondary N) is 2. The highest BCUT2D eigenvalue weighted by Crippen LogP contribution is 2.35. The summed E-state index contributed by atoms with van der Waals surface area (Å²) in [6.07, 6.45) is -5.76. The Bertz CT molecular complexity index is 1000. The quantitative estimate of drug-likeness (QED) is 0.262. The molecule has 1 aromatic carbocycles. The van der Waals surface area contributed by atoms with Crippen molar-refractivity contribution >= 4 is 17.6 Å². The Morgan fingerprint density at radius 2 is 1.91 bits per heavy atom. The largest absolute Gasteiger partial charge is 0.470 e. The lowest BCUT2D eigenvalue weighted by atomic mass is 9.90. The molecule has 2 rings (SSSR count). The van der Waals surface area contributed by atoms with Gasteiger partial charge in [0.05, 0.1) is 12.4 Å². The van der Waals surface area contributed by atoms with Crippen LogP contribution in [0.25, 0.3) is 0 Å². The summed E-state index contributed by atoms with van der Waals surface area (Å²) in [5.41, 5.74) is 4.34. The number of hydrogen-bond donors (Lipinski definition) is 3. The summed E-state index contributed by atoms with van der Waals surface area (Å²) < 4.78 is 90.3. The fourth-order valence-electron chi connectivity index (χ4n) is 2.84. The standard InChI is InChI=1S/C20H21F6N5O3/c1-9(16(24)17(20(2,25)26)34-19(27)28)11-5-10(3-4-12(11)21)31-18(32)13-6-30-15(7-29-13)33-8-14(22)23/h3-7,9,14,16-17H,8H2,1-2H3,(H3,27,28)(H,31,32)/t9-,16+,17-/m0/s1. The van der Waals surface area contributed by atoms with Crippen molar-refractivity contribution in [1.29, 1.82) is 5.41 Å². The van der Waals surface area contributed by atoms with E-state index in [9.17, 15) is 31.1 Å². The van der Waals surface area contributed by atoms with E-state index in [4.69, 9.17) is 11.1 Å². The summed E-state index contributed by atoms with van der Waals surface area (Å²) in [5.74, 6) is -7.23. The molecule has 2 aromatic rings. The number of hydrogen-bond acceptors (Lipinski definition) is 6. The van der Waals surface area contributed by atoms with Gasteiger partial charge >= 0.3 is 0 Å². The van der Waals surface area contributed by atoms with E-state index in [0.29, 0.717) is 6.92 Å². The Labute approximate surface area is 190 Å². The SMILES string of the molecule is C[C@@H](c1cc(NC(=O)c2cnc(OCC(F)F)cn2)ccc1F)[C@@H](F)[C@H](OC(=N)N)C(C)(F)F. The molecular formula is C20H21F6N5O3. The number of anilines is 1. The maximum Gasteiger partial charge on any atom is 0.284 e. The van der Waals surface area contributed by atoms with Gasteiger partial charge in [-0.2, -0.15) is 0 Å². The molecule has 0 bridgehead atoms. The minimum Gasteiger partial charge on any atom is -0.470 e. The summed E-state index contributed by atoms with van der Waals surface area (Å²) in [6, 6.07) is 1.94. The summed E-state index contributed by atoms with van der Waals surface area (Å²) >= 11 is 0. The maximum atomic E-state index is 14.9. The van der Waals surface area contributed by atoms with Gasteiger partial charge in [0.2, 0.25) is 5.88 Å². The van der Waals surface area contributed by atoms with Crippen molar-refractivity contribution in [3.05, 3.63) is 47.7 Å². The van der Waals surface area contributed by atoms with E-state index in [1.54, 1.807) is 0 Å². The van der Waals surface area contributed by atoms with Crippen molar-refractivity contribution in [3.63, 3.8) is 0 Å². The van der Waals surface area contributed by atoms with Gasteiger partial charge in [0.15, 0.2) is 12.7 Å². The van der Waals surface area contributed by atoms with Crippen LogP contribution in [0.1, 0.15) is 35.8 Å². The summed E-state index contributed by atoms with van der Waals surface area (Å²) in [7, 11) is 0. The summed E-state index contributed by atoms with van der Waals surface area (Å²) in [6.45, 7) is 0.590. The van der Waals surface area contributed by atoms with E-state index in [2.05, 4.69) is 24.8 Å². The molecule has 0 aliphatic rings. The van der Waals surface area contributed by atoms with Gasteiger partial charge in [0.25, 0.3) is 24.3 Å². The molecular weight excluding hydrogens is 472 g/mol. The molecule has 0 unspecified atom stereocenters. The molecule has 34 heavy (non-hydrogen) atoms. The lowest BCUT2D eigenvalue weighted by Crippen LogP contribution is -2.45. The van der Waals surface area contributed by atoms with Crippen LogP contribution in [0, 0.1) is 11.2 Å². The minimum atomic E-state index is -3.74. The van der Waals surface area contributed by atoms with Crippen LogP contribution in [0.15, 0.2) is 30.6 Å². The monoisotopic (exact) mass is 493 g/mol. The van der Waals surface area contributed by atoms with Crippen LogP contribution in [0.4, 0.5) is 32.0 Å². The summed E-state index contributed by atoms with van der Waals surface area (Å²) in [5, 5.41) is 9.37. The van der Waals surface area contributed by atoms with Crippen LogP contribution in [-0.4, -0.2) is 53.1 Å². The average Bonchev–Trinajstić information content (AvgIpc) is 2.75. The highest BCUT2D eigenvalue weighted by atomic mass is 19.3. The normalized spacial score (nSPS) is 14.3. The van der Waals surface area contributed by atoms with Gasteiger partial charge in [-0.05, 0) is 23.8 Å². The van der Waals surface area contributed by atoms with Crippen LogP contribution < -0.4 is 15.8 Å². The van der Waals surface area contributed by atoms with Crippen molar-refractivity contribution in [2.24, 2.45) is 5.73 Å². The smallest absolute Gasteiger partial charge is 0.284 e. The zero-order valence-corrected chi connectivity index (χ0v) is 17.9. The molecule has 1 amide bonds. The third-order valence-electron chi connectivity index (χ3n) is 4.48. The topological polar surface area (TPSA) is 123 Å². The van der Waals surface area contributed by atoms with Gasteiger partial charge in [-0.1, -0.05) is 6.92 Å². The van der Waals surface area contributed by atoms with Gasteiger partial charge in [-0.15, -0.1) is 0 Å². The van der Waals surface area contributed by atoms with Crippen LogP contribution in [0.5, 0.6) is 5.88 Å². The van der Waals surface area contributed by atoms with Gasteiger partial charge in [-0.25, -0.2) is 36.3 Å². The van der Waals surface area contributed by atoms with E-state index in [1.807, 2.05) is 0 Å². The number of alkyl halides is 5. The molecule has 0 fully saturated rings. The lowest BCUT2D eigenvalue weighted by molar-refractivity contribution is -0.120. The Kier molecular flexibility index (Phi) is 8.65. The number of aromatic nitrogens is 2. The van der Waals surface area contributed by atoms with Crippen molar-refractivity contribution in [2.45, 2.75) is 44.4 Å². The van der Waals surface area contributed by atoms with Gasteiger partial charge in [-0.3, -0.25) is 10.2 Å². The lowest BCUT2D eigenvalue weighted by Gasteiger charge is -2.30. The van der Waals surface area contributed by atoms with E-state index in [1.165, 1.54) is 0 Å². The third-order valence-corrected chi connectivity index (χ3v) is 4.48. The average molecular weight is 493 g/mol. The van der Waals surface area contributed by atoms with Gasteiger partial charge < -0.3 is 20.5 Å². The molecule has 8 nitrogen and oxygen atoms in total. The molecule has 0 aliphatic carbocycles. The van der Waals surface area contributed by atoms with Crippen molar-refractivity contribution < 1.29 is 40.6 Å². The first-order valence-corrected chi connectivity index (χ1v) is 9.66. The van der Waals surface area contributed by atoms with Crippen LogP contribution >= 0.6 is 0 Å². The van der Waals surface area contributed by atoms with Crippen LogP contribution in [0.3, 0.4) is 0 Å². The molecule has 4 N–H and O–H groups in total. The molecule has 0 aliphatic heterocycles. The molecule has 0 saturated carbocycles. The fraction of sp³-hybridized carbons (Fsp3) is 0.400. The first-order chi connectivity index (χ1) is 15.8. The number of carbonyl (C=O) groups excluding carboxylic acids is 1. The number of amides is 1. The number of rotatable bonds is 10. The third kappa shape index (κ3) is 7.22. The van der Waals surface area contributed by atoms with E-state index < -0.39 is 54.9 Å². The van der Waals surface area contributed by atoms with Gasteiger partial charge in [0, 0.05) is 18.5 Å². The zero-order valence-electron chi connectivity index (χ0n) is 17.9. The maximum absolute atomic E-state index is 14.9. The van der Waals surface area contributed by atoms with Crippen LogP contribution in [0.2, 0.25) is 0 Å². The molecule has 0 spiro atoms. The molecule has 186 valence electrons. The number of amidine groups is 1. The molecule has 1 heterocycles. The molecule has 0 saturated heterocycles. The molecule has 3 atom stereocenters. The molecule has 1 aromatic heterocycles. The Balaban J connectivity index is 2.19. The molecule has 0 radical (unpaired) electrons. The first-order valence-electron chi connectivity index (χ1n) is 9.66. The Hall–Kier alpha value is -3.58. The zero-order chi connectivity index (χ0) is 25.6. The number of benzene rings is 1. The second kappa shape index (κ2) is 11.0. The van der Waals surface area contributed by atoms with E-state index in [0.717, 1.165) is 37.5 Å². The number of halogens is 6. The fourth-order valence-corrected chi connectivity index (χ4v) is 2.84. The number of carbonyl (C=O) groups is 1. The minimum absolute atomic E-state index is 0.0208. The van der Waals surface area contributed by atoms with Crippen molar-refractivity contribution in [3.8, 4) is 5.88 Å². The van der Waals surface area contributed by atoms with Crippen molar-refractivity contribution in [1.82, 2.24) is 9.97 Å². The second-order valence-electron chi connectivity index (χ2n) is 7.22. The number of ether oxygens (including phenoxy) is 2. The van der Waals surface area contributed by atoms with Gasteiger partial charge in [0.1, 0.15) is 17.7 Å². The van der Waals surface area contributed by atoms with E-state index in [-0.39, 0.29) is 22.8 Å². The number of nitrogens with two attached hydrogens (primary N) is 1.